The molecule has 1 fully saturated rings. The van der Waals surface area contributed by atoms with Gasteiger partial charge >= 0.3 is 0 Å². The zero-order valence-corrected chi connectivity index (χ0v) is 18.6. The van der Waals surface area contributed by atoms with Crippen LogP contribution in [0.3, 0.4) is 0 Å². The summed E-state index contributed by atoms with van der Waals surface area (Å²) in [4.78, 5) is 51.6. The topological polar surface area (TPSA) is 164 Å². The van der Waals surface area contributed by atoms with Gasteiger partial charge < -0.3 is 24.8 Å². The number of rotatable bonds is 6. The monoisotopic (exact) mass is 469 g/mol. The first-order valence-corrected chi connectivity index (χ1v) is 10.3. The summed E-state index contributed by atoms with van der Waals surface area (Å²) in [6.07, 6.45) is 2.52. The minimum absolute atomic E-state index is 0.0251. The number of nitrogens with two attached hydrogens (primary N) is 1. The molecule has 13 nitrogen and oxygen atoms in total. The van der Waals surface area contributed by atoms with Gasteiger partial charge in [0.2, 0.25) is 11.9 Å². The smallest absolute Gasteiger partial charge is 0.262 e. The van der Waals surface area contributed by atoms with Crippen LogP contribution in [0.25, 0.3) is 10.9 Å². The molecule has 0 aliphatic carbocycles. The maximum Gasteiger partial charge on any atom is 0.262 e. The number of morpholine rings is 1. The summed E-state index contributed by atoms with van der Waals surface area (Å²) in [5.74, 6) is -0.375. The standard InChI is InChI=1S/C21H23N7O6/c1-27-19(31)13-3-4-14(34-11-15(29)28-5-7-33-8-6-28)17(32-2)16(13)25-21(27)26-18(30)12-9-23-20(22)24-10-12/h3-4,9-10H,5-8,11H2,1-2H3,(H2,22,23,24)(H,25,26,30). The van der Waals surface area contributed by atoms with E-state index in [1.807, 2.05) is 0 Å². The molecule has 0 atom stereocenters. The number of carbonyl (C=O) groups excluding carboxylic acids is 2. The number of carbonyl (C=O) groups is 2. The van der Waals surface area contributed by atoms with E-state index in [1.165, 1.54) is 37.2 Å². The van der Waals surface area contributed by atoms with Crippen molar-refractivity contribution >= 4 is 34.6 Å². The predicted octanol–water partition coefficient (Wildman–Crippen LogP) is -0.196. The third kappa shape index (κ3) is 4.59. The Morgan fingerprint density at radius 3 is 2.59 bits per heavy atom. The van der Waals surface area contributed by atoms with E-state index in [0.29, 0.717) is 26.3 Å². The van der Waals surface area contributed by atoms with Gasteiger partial charge in [0.15, 0.2) is 18.1 Å². The van der Waals surface area contributed by atoms with Crippen molar-refractivity contribution in [1.82, 2.24) is 24.4 Å². The maximum atomic E-state index is 12.9. The average molecular weight is 469 g/mol. The molecule has 0 spiro atoms. The minimum Gasteiger partial charge on any atom is -0.491 e. The SMILES string of the molecule is COc1c(OCC(=O)N2CCOCC2)ccc2c(=O)n(C)c(NC(=O)c3cnc(N)nc3)nc12. The second-order valence-corrected chi connectivity index (χ2v) is 7.36. The van der Waals surface area contributed by atoms with Crippen LogP contribution in [-0.4, -0.2) is 76.3 Å². The molecule has 1 aliphatic heterocycles. The van der Waals surface area contributed by atoms with Gasteiger partial charge in [-0.25, -0.2) is 15.0 Å². The van der Waals surface area contributed by atoms with Crippen LogP contribution in [0.5, 0.6) is 11.5 Å². The first kappa shape index (κ1) is 22.9. The Labute approximate surface area is 193 Å². The van der Waals surface area contributed by atoms with Crippen LogP contribution in [0.2, 0.25) is 0 Å². The van der Waals surface area contributed by atoms with Crippen molar-refractivity contribution in [3.05, 3.63) is 40.4 Å². The second kappa shape index (κ2) is 9.70. The zero-order chi connectivity index (χ0) is 24.2. The van der Waals surface area contributed by atoms with Crippen molar-refractivity contribution in [1.29, 1.82) is 0 Å². The molecule has 0 unspecified atom stereocenters. The van der Waals surface area contributed by atoms with E-state index in [4.69, 9.17) is 19.9 Å². The van der Waals surface area contributed by atoms with Gasteiger partial charge in [0.25, 0.3) is 17.4 Å². The van der Waals surface area contributed by atoms with Crippen LogP contribution in [-0.2, 0) is 16.6 Å². The van der Waals surface area contributed by atoms with Gasteiger partial charge in [0.1, 0.15) is 5.52 Å². The number of aromatic nitrogens is 4. The van der Waals surface area contributed by atoms with Crippen LogP contribution < -0.4 is 26.1 Å². The third-order valence-electron chi connectivity index (χ3n) is 5.24. The fourth-order valence-electron chi connectivity index (χ4n) is 3.39. The highest BCUT2D eigenvalue weighted by Gasteiger charge is 2.21. The van der Waals surface area contributed by atoms with Gasteiger partial charge in [-0.1, -0.05) is 0 Å². The molecule has 34 heavy (non-hydrogen) atoms. The Hall–Kier alpha value is -4.26. The predicted molar refractivity (Wildman–Crippen MR) is 121 cm³/mol. The lowest BCUT2D eigenvalue weighted by molar-refractivity contribution is -0.137. The number of nitrogen functional groups attached to an aromatic ring is 1. The number of amides is 2. The van der Waals surface area contributed by atoms with Gasteiger partial charge in [0, 0.05) is 32.5 Å². The van der Waals surface area contributed by atoms with Gasteiger partial charge in [-0.15, -0.1) is 0 Å². The van der Waals surface area contributed by atoms with Crippen molar-refractivity contribution in [3.8, 4) is 11.5 Å². The molecule has 13 heteroatoms. The molecule has 0 saturated carbocycles. The Morgan fingerprint density at radius 2 is 1.91 bits per heavy atom. The summed E-state index contributed by atoms with van der Waals surface area (Å²) in [6.45, 7) is 1.74. The van der Waals surface area contributed by atoms with Crippen molar-refractivity contribution in [3.63, 3.8) is 0 Å². The average Bonchev–Trinajstić information content (AvgIpc) is 2.86. The molecule has 2 amide bonds. The first-order valence-electron chi connectivity index (χ1n) is 10.3. The zero-order valence-electron chi connectivity index (χ0n) is 18.6. The third-order valence-corrected chi connectivity index (χ3v) is 5.24. The van der Waals surface area contributed by atoms with Gasteiger partial charge in [0.05, 0.1) is 31.3 Å². The van der Waals surface area contributed by atoms with E-state index in [9.17, 15) is 14.4 Å². The number of hydrogen-bond acceptors (Lipinski definition) is 10. The number of fused-ring (bicyclic) bond motifs is 1. The Morgan fingerprint density at radius 1 is 1.21 bits per heavy atom. The molecule has 3 heterocycles. The molecule has 1 saturated heterocycles. The lowest BCUT2D eigenvalue weighted by atomic mass is 10.2. The normalized spacial score (nSPS) is 13.5. The molecule has 1 aromatic carbocycles. The fourth-order valence-corrected chi connectivity index (χ4v) is 3.39. The van der Waals surface area contributed by atoms with Crippen LogP contribution in [0.15, 0.2) is 29.3 Å². The highest BCUT2D eigenvalue weighted by molar-refractivity contribution is 6.03. The number of methoxy groups -OCH3 is 1. The molecule has 1 aliphatic rings. The molecule has 3 N–H and O–H groups in total. The molecule has 178 valence electrons. The second-order valence-electron chi connectivity index (χ2n) is 7.36. The van der Waals surface area contributed by atoms with Crippen molar-refractivity contribution in [2.24, 2.45) is 7.05 Å². The Bertz CT molecular complexity index is 1290. The van der Waals surface area contributed by atoms with Crippen molar-refractivity contribution in [2.45, 2.75) is 0 Å². The minimum atomic E-state index is -0.579. The molecule has 0 radical (unpaired) electrons. The molecule has 2 aromatic heterocycles. The number of benzene rings is 1. The van der Waals surface area contributed by atoms with E-state index in [1.54, 1.807) is 11.0 Å². The lowest BCUT2D eigenvalue weighted by Gasteiger charge is -2.26. The van der Waals surface area contributed by atoms with E-state index in [2.05, 4.69) is 20.3 Å². The van der Waals surface area contributed by atoms with Crippen LogP contribution in [0, 0.1) is 0 Å². The fraction of sp³-hybridized carbons (Fsp3) is 0.333. The Kier molecular flexibility index (Phi) is 6.54. The summed E-state index contributed by atoms with van der Waals surface area (Å²) >= 11 is 0. The van der Waals surface area contributed by atoms with E-state index >= 15 is 0 Å². The van der Waals surface area contributed by atoms with Crippen molar-refractivity contribution in [2.75, 3.05) is 51.1 Å². The summed E-state index contributed by atoms with van der Waals surface area (Å²) in [5, 5.41) is 2.82. The maximum absolute atomic E-state index is 12.9. The highest BCUT2D eigenvalue weighted by Crippen LogP contribution is 2.33. The molecular formula is C21H23N7O6. The lowest BCUT2D eigenvalue weighted by Crippen LogP contribution is -2.43. The van der Waals surface area contributed by atoms with Crippen LogP contribution in [0.1, 0.15) is 10.4 Å². The number of nitrogens with zero attached hydrogens (tertiary/aromatic N) is 5. The number of nitrogens with one attached hydrogen (secondary N) is 1. The molecular weight excluding hydrogens is 446 g/mol. The summed E-state index contributed by atoms with van der Waals surface area (Å²) in [7, 11) is 2.87. The van der Waals surface area contributed by atoms with Crippen LogP contribution in [0.4, 0.5) is 11.9 Å². The Balaban J connectivity index is 1.63. The van der Waals surface area contributed by atoms with Crippen molar-refractivity contribution < 1.29 is 23.8 Å². The van der Waals surface area contributed by atoms with Gasteiger partial charge in [-0.3, -0.25) is 24.3 Å². The summed E-state index contributed by atoms with van der Waals surface area (Å²) < 4.78 is 17.6. The van der Waals surface area contributed by atoms with Gasteiger partial charge in [-0.2, -0.15) is 0 Å². The van der Waals surface area contributed by atoms with E-state index in [-0.39, 0.29) is 52.4 Å². The highest BCUT2D eigenvalue weighted by atomic mass is 16.5. The molecule has 4 rings (SSSR count). The molecule has 0 bridgehead atoms. The van der Waals surface area contributed by atoms with Crippen LogP contribution >= 0.6 is 0 Å². The largest absolute Gasteiger partial charge is 0.491 e. The summed E-state index contributed by atoms with van der Waals surface area (Å²) in [5.41, 5.74) is 5.34. The number of ether oxygens (including phenoxy) is 3. The number of anilines is 2. The van der Waals surface area contributed by atoms with Gasteiger partial charge in [-0.05, 0) is 12.1 Å². The quantitative estimate of drug-likeness (QED) is 0.494. The van der Waals surface area contributed by atoms with E-state index < -0.39 is 11.5 Å². The summed E-state index contributed by atoms with van der Waals surface area (Å²) in [6, 6.07) is 3.07. The number of hydrogen-bond donors (Lipinski definition) is 2. The van der Waals surface area contributed by atoms with E-state index in [0.717, 1.165) is 0 Å². The first-order chi connectivity index (χ1) is 16.4. The molecule has 3 aromatic rings.